The van der Waals surface area contributed by atoms with E-state index in [1.165, 1.54) is 11.9 Å². The third-order valence-electron chi connectivity index (χ3n) is 0.735. The first-order valence-corrected chi connectivity index (χ1v) is 2.89. The third kappa shape index (κ3) is 0.771. The van der Waals surface area contributed by atoms with Crippen LogP contribution in [-0.2, 0) is 4.79 Å². The van der Waals surface area contributed by atoms with Gasteiger partial charge in [0.15, 0.2) is 5.78 Å². The van der Waals surface area contributed by atoms with Crippen molar-refractivity contribution in [2.45, 2.75) is 0 Å². The Bertz CT molecular complexity index is 107. The highest BCUT2D eigenvalue weighted by molar-refractivity contribution is 7.98. The predicted molar refractivity (Wildman–Crippen MR) is 29.7 cm³/mol. The minimum Gasteiger partial charge on any atom is -0.327 e. The van der Waals surface area contributed by atoms with E-state index in [1.807, 2.05) is 0 Å². The summed E-state index contributed by atoms with van der Waals surface area (Å²) in [6.45, 7) is 3.45. The van der Waals surface area contributed by atoms with E-state index in [1.54, 1.807) is 0 Å². The maximum atomic E-state index is 10.4. The Hall–Kier alpha value is -0.440. The van der Waals surface area contributed by atoms with E-state index in [4.69, 9.17) is 0 Å². The summed E-state index contributed by atoms with van der Waals surface area (Å²) >= 11 is 1.39. The quantitative estimate of drug-likeness (QED) is 0.364. The number of ketones is 1. The number of carbonyl (C=O) groups excluding carboxylic acids is 1. The Labute approximate surface area is 46.1 Å². The van der Waals surface area contributed by atoms with Gasteiger partial charge in [-0.15, -0.1) is 0 Å². The van der Waals surface area contributed by atoms with E-state index in [2.05, 4.69) is 11.3 Å². The summed E-state index contributed by atoms with van der Waals surface area (Å²) in [6.07, 6.45) is 0. The van der Waals surface area contributed by atoms with Crippen molar-refractivity contribution in [3.05, 3.63) is 12.3 Å². The molecule has 0 aliphatic carbocycles. The monoisotopic (exact) mass is 115 g/mol. The molecule has 0 aromatic rings. The van der Waals surface area contributed by atoms with E-state index in [-0.39, 0.29) is 5.78 Å². The molecule has 0 bridgehead atoms. The van der Waals surface area contributed by atoms with Gasteiger partial charge in [0, 0.05) is 0 Å². The van der Waals surface area contributed by atoms with Gasteiger partial charge in [-0.1, -0.05) is 6.58 Å². The smallest absolute Gasteiger partial charge is 0.190 e. The van der Waals surface area contributed by atoms with Crippen molar-refractivity contribution in [3.8, 4) is 0 Å². The van der Waals surface area contributed by atoms with Crippen LogP contribution in [0.25, 0.3) is 0 Å². The normalized spacial score (nSPS) is 20.0. The Morgan fingerprint density at radius 2 is 2.57 bits per heavy atom. The molecule has 0 radical (unpaired) electrons. The number of allylic oxidation sites excluding steroid dienone is 1. The number of rotatable bonds is 0. The maximum Gasteiger partial charge on any atom is 0.190 e. The van der Waals surface area contributed by atoms with Crippen LogP contribution in [0, 0.1) is 0 Å². The minimum absolute atomic E-state index is 0.116. The van der Waals surface area contributed by atoms with Crippen molar-refractivity contribution in [3.63, 3.8) is 0 Å². The largest absolute Gasteiger partial charge is 0.327 e. The molecule has 0 amide bonds. The van der Waals surface area contributed by atoms with Gasteiger partial charge in [0.25, 0.3) is 0 Å². The second-order valence-electron chi connectivity index (χ2n) is 1.29. The highest BCUT2D eigenvalue weighted by Crippen LogP contribution is 2.09. The van der Waals surface area contributed by atoms with Crippen LogP contribution < -0.4 is 4.72 Å². The second kappa shape index (κ2) is 1.58. The number of nitrogens with one attached hydrogen (secondary N) is 1. The molecule has 1 N–H and O–H groups in total. The first-order chi connectivity index (χ1) is 3.30. The van der Waals surface area contributed by atoms with Crippen LogP contribution in [0.2, 0.25) is 0 Å². The third-order valence-corrected chi connectivity index (χ3v) is 1.53. The van der Waals surface area contributed by atoms with Crippen LogP contribution in [0.15, 0.2) is 12.3 Å². The van der Waals surface area contributed by atoms with Crippen LogP contribution in [0.4, 0.5) is 0 Å². The molecule has 0 atom stereocenters. The van der Waals surface area contributed by atoms with Gasteiger partial charge in [-0.3, -0.25) is 4.79 Å². The Morgan fingerprint density at radius 3 is 2.71 bits per heavy atom. The van der Waals surface area contributed by atoms with E-state index < -0.39 is 0 Å². The molecular formula is C4H5NOS. The van der Waals surface area contributed by atoms with E-state index in [0.29, 0.717) is 11.4 Å². The molecule has 1 saturated heterocycles. The maximum absolute atomic E-state index is 10.4. The van der Waals surface area contributed by atoms with Crippen molar-refractivity contribution in [2.24, 2.45) is 0 Å². The van der Waals surface area contributed by atoms with Crippen LogP contribution in [-0.4, -0.2) is 11.5 Å². The molecule has 0 unspecified atom stereocenters. The zero-order valence-corrected chi connectivity index (χ0v) is 4.55. The lowest BCUT2D eigenvalue weighted by molar-refractivity contribution is -0.113. The molecule has 0 aromatic carbocycles. The highest BCUT2D eigenvalue weighted by atomic mass is 32.2. The van der Waals surface area contributed by atoms with Crippen molar-refractivity contribution in [1.29, 1.82) is 0 Å². The number of hydrogen-bond acceptors (Lipinski definition) is 3. The van der Waals surface area contributed by atoms with Gasteiger partial charge in [-0.2, -0.15) is 0 Å². The summed E-state index contributed by atoms with van der Waals surface area (Å²) in [6, 6.07) is 0. The zero-order chi connectivity index (χ0) is 5.28. The summed E-state index contributed by atoms with van der Waals surface area (Å²) < 4.78 is 2.74. The molecule has 1 aliphatic heterocycles. The lowest BCUT2D eigenvalue weighted by Crippen LogP contribution is -2.00. The van der Waals surface area contributed by atoms with Gasteiger partial charge in [0.1, 0.15) is 0 Å². The minimum atomic E-state index is 0.116. The predicted octanol–water partition coefficient (Wildman–Crippen LogP) is 0.321. The standard InChI is InChI=1S/C4H5NOS/c1-3-4(6)2-7-5-3/h5H,1-2H2. The van der Waals surface area contributed by atoms with Gasteiger partial charge in [0.2, 0.25) is 0 Å². The fourth-order valence-electron chi connectivity index (χ4n) is 0.333. The topological polar surface area (TPSA) is 29.1 Å². The van der Waals surface area contributed by atoms with Crippen LogP contribution >= 0.6 is 11.9 Å². The van der Waals surface area contributed by atoms with Crippen molar-refractivity contribution in [2.75, 3.05) is 5.75 Å². The van der Waals surface area contributed by atoms with E-state index in [0.717, 1.165) is 0 Å². The molecule has 1 aliphatic rings. The lowest BCUT2D eigenvalue weighted by Gasteiger charge is -1.84. The molecule has 3 heteroatoms. The Balaban J connectivity index is 2.65. The van der Waals surface area contributed by atoms with Crippen molar-refractivity contribution < 1.29 is 4.79 Å². The molecule has 7 heavy (non-hydrogen) atoms. The summed E-state index contributed by atoms with van der Waals surface area (Å²) in [7, 11) is 0. The summed E-state index contributed by atoms with van der Waals surface area (Å²) in [5.74, 6) is 0.656. The average molecular weight is 115 g/mol. The second-order valence-corrected chi connectivity index (χ2v) is 2.07. The number of Topliss-reactive ketones (excluding diaryl/α,β-unsaturated/α-hetero) is 1. The van der Waals surface area contributed by atoms with Gasteiger partial charge < -0.3 is 4.72 Å². The van der Waals surface area contributed by atoms with Crippen LogP contribution in [0.3, 0.4) is 0 Å². The van der Waals surface area contributed by atoms with Crippen LogP contribution in [0.1, 0.15) is 0 Å². The van der Waals surface area contributed by atoms with Crippen molar-refractivity contribution >= 4 is 17.7 Å². The molecule has 1 rings (SSSR count). The van der Waals surface area contributed by atoms with Gasteiger partial charge >= 0.3 is 0 Å². The summed E-state index contributed by atoms with van der Waals surface area (Å²) in [5, 5.41) is 0. The molecule has 0 spiro atoms. The van der Waals surface area contributed by atoms with E-state index >= 15 is 0 Å². The van der Waals surface area contributed by atoms with Crippen molar-refractivity contribution in [1.82, 2.24) is 4.72 Å². The lowest BCUT2D eigenvalue weighted by atomic mass is 10.4. The molecule has 38 valence electrons. The first kappa shape index (κ1) is 4.71. The molecule has 1 fully saturated rings. The summed E-state index contributed by atoms with van der Waals surface area (Å²) in [5.41, 5.74) is 0.532. The van der Waals surface area contributed by atoms with Crippen LogP contribution in [0.5, 0.6) is 0 Å². The summed E-state index contributed by atoms with van der Waals surface area (Å²) in [4.78, 5) is 10.4. The highest BCUT2D eigenvalue weighted by Gasteiger charge is 2.13. The Morgan fingerprint density at radius 1 is 1.86 bits per heavy atom. The fraction of sp³-hybridized carbons (Fsp3) is 0.250. The molecule has 0 aromatic heterocycles. The first-order valence-electron chi connectivity index (χ1n) is 1.90. The SMILES string of the molecule is C=C1NSCC1=O. The van der Waals surface area contributed by atoms with Gasteiger partial charge in [0.05, 0.1) is 11.4 Å². The molecule has 2 nitrogen and oxygen atoms in total. The Kier molecular flexibility index (Phi) is 1.06. The molecule has 0 saturated carbocycles. The average Bonchev–Trinajstić information content (AvgIpc) is 1.91. The fourth-order valence-corrected chi connectivity index (χ4v) is 0.998. The molecule has 1 heterocycles. The van der Waals surface area contributed by atoms with Gasteiger partial charge in [-0.25, -0.2) is 0 Å². The van der Waals surface area contributed by atoms with E-state index in [9.17, 15) is 4.79 Å². The molecular weight excluding hydrogens is 110 g/mol. The zero-order valence-electron chi connectivity index (χ0n) is 3.73. The van der Waals surface area contributed by atoms with Gasteiger partial charge in [-0.05, 0) is 11.9 Å². The number of carbonyl (C=O) groups is 1. The number of hydrogen-bond donors (Lipinski definition) is 1.